The van der Waals surface area contributed by atoms with Gasteiger partial charge in [-0.25, -0.2) is 0 Å². The fraction of sp³-hybridized carbons (Fsp3) is 0.0588. The van der Waals surface area contributed by atoms with Gasteiger partial charge in [0.2, 0.25) is 0 Å². The third-order valence-electron chi connectivity index (χ3n) is 3.02. The van der Waals surface area contributed by atoms with Crippen LogP contribution < -0.4 is 0 Å². The molecule has 0 saturated carbocycles. The molecule has 0 saturated heterocycles. The molecule has 1 heteroatoms. The van der Waals surface area contributed by atoms with Gasteiger partial charge in [-0.2, -0.15) is 0 Å². The lowest BCUT2D eigenvalue weighted by Gasteiger charge is -2.03. The summed E-state index contributed by atoms with van der Waals surface area (Å²) in [7, 11) is 0. The van der Waals surface area contributed by atoms with E-state index in [0.29, 0.717) is 0 Å². The summed E-state index contributed by atoms with van der Waals surface area (Å²) >= 11 is 1.84. The Labute approximate surface area is 112 Å². The summed E-state index contributed by atoms with van der Waals surface area (Å²) in [6.07, 6.45) is 0. The van der Waals surface area contributed by atoms with E-state index in [1.54, 1.807) is 0 Å². The second-order valence-corrected chi connectivity index (χ2v) is 5.64. The first kappa shape index (κ1) is 11.2. The predicted molar refractivity (Wildman–Crippen MR) is 79.9 cm³/mol. The maximum Gasteiger partial charge on any atom is 0.0345 e. The minimum absolute atomic E-state index is 1.27. The first-order valence-electron chi connectivity index (χ1n) is 6.05. The second kappa shape index (κ2) is 4.79. The van der Waals surface area contributed by atoms with Gasteiger partial charge in [-0.05, 0) is 35.7 Å². The van der Waals surface area contributed by atoms with Crippen molar-refractivity contribution in [2.45, 2.75) is 6.92 Å². The summed E-state index contributed by atoms with van der Waals surface area (Å²) in [5.41, 5.74) is 3.84. The van der Waals surface area contributed by atoms with Crippen LogP contribution in [-0.4, -0.2) is 0 Å². The largest absolute Gasteiger partial charge is 0.141 e. The number of hydrogen-bond donors (Lipinski definition) is 0. The van der Waals surface area contributed by atoms with Crippen molar-refractivity contribution in [3.8, 4) is 21.6 Å². The summed E-state index contributed by atoms with van der Waals surface area (Å²) in [5.74, 6) is 0. The van der Waals surface area contributed by atoms with Gasteiger partial charge in [0.05, 0.1) is 0 Å². The van der Waals surface area contributed by atoms with E-state index in [9.17, 15) is 0 Å². The van der Waals surface area contributed by atoms with Crippen LogP contribution in [0.4, 0.5) is 0 Å². The molecule has 0 unspecified atom stereocenters. The molecule has 3 aromatic rings. The van der Waals surface area contributed by atoms with Crippen molar-refractivity contribution in [2.75, 3.05) is 0 Å². The zero-order valence-electron chi connectivity index (χ0n) is 10.3. The van der Waals surface area contributed by atoms with Crippen molar-refractivity contribution < 1.29 is 0 Å². The zero-order valence-corrected chi connectivity index (χ0v) is 11.1. The summed E-state index contributed by atoms with van der Waals surface area (Å²) in [6.45, 7) is 2.15. The molecule has 88 valence electrons. The van der Waals surface area contributed by atoms with Gasteiger partial charge in [-0.1, -0.05) is 54.6 Å². The summed E-state index contributed by atoms with van der Waals surface area (Å²) in [5, 5.41) is 0. The third kappa shape index (κ3) is 2.22. The highest BCUT2D eigenvalue weighted by Gasteiger charge is 2.01. The lowest BCUT2D eigenvalue weighted by molar-refractivity contribution is 1.61. The lowest BCUT2D eigenvalue weighted by Crippen LogP contribution is -1.77. The zero-order chi connectivity index (χ0) is 12.4. The molecular weight excluding hydrogens is 236 g/mol. The second-order valence-electron chi connectivity index (χ2n) is 4.35. The topological polar surface area (TPSA) is 0 Å². The van der Waals surface area contributed by atoms with E-state index in [4.69, 9.17) is 0 Å². The number of benzene rings is 2. The quantitative estimate of drug-likeness (QED) is 0.572. The Hall–Kier alpha value is -1.86. The van der Waals surface area contributed by atoms with Crippen LogP contribution in [0.15, 0.2) is 66.7 Å². The van der Waals surface area contributed by atoms with Crippen LogP contribution >= 0.6 is 11.3 Å². The smallest absolute Gasteiger partial charge is 0.0345 e. The van der Waals surface area contributed by atoms with E-state index >= 15 is 0 Å². The molecule has 1 heterocycles. The maximum absolute atomic E-state index is 2.20. The first-order valence-corrected chi connectivity index (χ1v) is 6.87. The van der Waals surface area contributed by atoms with Gasteiger partial charge >= 0.3 is 0 Å². The molecule has 0 aliphatic carbocycles. The van der Waals surface area contributed by atoms with E-state index in [2.05, 4.69) is 67.6 Å². The SMILES string of the molecule is Cc1ccc(-c2ccc(-c3ccccc3)cc2)s1. The van der Waals surface area contributed by atoms with Crippen LogP contribution in [0, 0.1) is 6.92 Å². The van der Waals surface area contributed by atoms with Crippen LogP contribution in [0.25, 0.3) is 21.6 Å². The van der Waals surface area contributed by atoms with E-state index in [1.165, 1.54) is 26.4 Å². The number of rotatable bonds is 2. The highest BCUT2D eigenvalue weighted by molar-refractivity contribution is 7.15. The van der Waals surface area contributed by atoms with Crippen LogP contribution in [0.2, 0.25) is 0 Å². The fourth-order valence-corrected chi connectivity index (χ4v) is 2.92. The Morgan fingerprint density at radius 1 is 0.611 bits per heavy atom. The molecule has 1 aromatic heterocycles. The molecule has 0 atom stereocenters. The lowest BCUT2D eigenvalue weighted by atomic mass is 10.0. The summed E-state index contributed by atoms with van der Waals surface area (Å²) in [4.78, 5) is 2.70. The highest BCUT2D eigenvalue weighted by Crippen LogP contribution is 2.29. The normalized spacial score (nSPS) is 10.5. The van der Waals surface area contributed by atoms with Crippen molar-refractivity contribution in [1.29, 1.82) is 0 Å². The van der Waals surface area contributed by atoms with Gasteiger partial charge in [0.25, 0.3) is 0 Å². The molecule has 3 rings (SSSR count). The maximum atomic E-state index is 2.20. The Morgan fingerprint density at radius 3 is 1.83 bits per heavy atom. The van der Waals surface area contributed by atoms with Crippen LogP contribution in [0.3, 0.4) is 0 Å². The molecule has 0 spiro atoms. The standard InChI is InChI=1S/C17H14S/c1-13-7-12-17(18-13)16-10-8-15(9-11-16)14-5-3-2-4-6-14/h2-12H,1H3. The molecule has 0 bridgehead atoms. The molecule has 0 aliphatic heterocycles. The van der Waals surface area contributed by atoms with Crippen LogP contribution in [0.5, 0.6) is 0 Å². The Bertz CT molecular complexity index is 633. The van der Waals surface area contributed by atoms with Gasteiger partial charge < -0.3 is 0 Å². The van der Waals surface area contributed by atoms with Gasteiger partial charge in [-0.3, -0.25) is 0 Å². The highest BCUT2D eigenvalue weighted by atomic mass is 32.1. The Morgan fingerprint density at radius 2 is 1.22 bits per heavy atom. The monoisotopic (exact) mass is 250 g/mol. The minimum Gasteiger partial charge on any atom is -0.141 e. The van der Waals surface area contributed by atoms with Crippen molar-refractivity contribution in [3.05, 3.63) is 71.6 Å². The summed E-state index contributed by atoms with van der Waals surface area (Å²) < 4.78 is 0. The van der Waals surface area contributed by atoms with Gasteiger partial charge in [0.15, 0.2) is 0 Å². The molecule has 0 fully saturated rings. The Kier molecular flexibility index (Phi) is 2.99. The molecule has 0 nitrogen and oxygen atoms in total. The Balaban J connectivity index is 1.94. The van der Waals surface area contributed by atoms with Gasteiger partial charge in [0.1, 0.15) is 0 Å². The summed E-state index contributed by atoms with van der Waals surface area (Å²) in [6, 6.07) is 23.6. The fourth-order valence-electron chi connectivity index (χ4n) is 2.05. The van der Waals surface area contributed by atoms with Crippen molar-refractivity contribution in [3.63, 3.8) is 0 Å². The molecule has 0 aliphatic rings. The molecule has 2 aromatic carbocycles. The van der Waals surface area contributed by atoms with E-state index in [1.807, 2.05) is 17.4 Å². The molecule has 0 radical (unpaired) electrons. The van der Waals surface area contributed by atoms with E-state index < -0.39 is 0 Å². The predicted octanol–water partition coefficient (Wildman–Crippen LogP) is 5.39. The van der Waals surface area contributed by atoms with E-state index in [-0.39, 0.29) is 0 Å². The third-order valence-corrected chi connectivity index (χ3v) is 4.07. The van der Waals surface area contributed by atoms with Crippen molar-refractivity contribution in [2.24, 2.45) is 0 Å². The van der Waals surface area contributed by atoms with Crippen LogP contribution in [0.1, 0.15) is 4.88 Å². The minimum atomic E-state index is 1.27. The molecule has 0 N–H and O–H groups in total. The molecule has 18 heavy (non-hydrogen) atoms. The number of hydrogen-bond acceptors (Lipinski definition) is 1. The van der Waals surface area contributed by atoms with Crippen molar-refractivity contribution >= 4 is 11.3 Å². The van der Waals surface area contributed by atoms with Gasteiger partial charge in [-0.15, -0.1) is 11.3 Å². The molecule has 0 amide bonds. The number of thiophene rings is 1. The van der Waals surface area contributed by atoms with Crippen LogP contribution in [-0.2, 0) is 0 Å². The van der Waals surface area contributed by atoms with E-state index in [0.717, 1.165) is 0 Å². The first-order chi connectivity index (χ1) is 8.83. The van der Waals surface area contributed by atoms with Crippen molar-refractivity contribution in [1.82, 2.24) is 0 Å². The van der Waals surface area contributed by atoms with Gasteiger partial charge in [0, 0.05) is 9.75 Å². The molecular formula is C17H14S. The average Bonchev–Trinajstić information content (AvgIpc) is 2.87. The average molecular weight is 250 g/mol. The number of aryl methyl sites for hydroxylation is 1.